The second-order valence-electron chi connectivity index (χ2n) is 5.77. The molecule has 0 radical (unpaired) electrons. The Labute approximate surface area is 145 Å². The zero-order valence-electron chi connectivity index (χ0n) is 13.7. The van der Waals surface area contributed by atoms with E-state index in [1.807, 2.05) is 30.3 Å². The van der Waals surface area contributed by atoms with Crippen LogP contribution in [0.1, 0.15) is 17.0 Å². The first-order valence-corrected chi connectivity index (χ1v) is 8.92. The molecule has 0 unspecified atom stereocenters. The third-order valence-corrected chi connectivity index (χ3v) is 4.76. The van der Waals surface area contributed by atoms with Crippen LogP contribution in [0.2, 0.25) is 0 Å². The molecule has 2 amide bonds. The average Bonchev–Trinajstić information content (AvgIpc) is 2.96. The number of urea groups is 1. The molecule has 0 atom stereocenters. The van der Waals surface area contributed by atoms with Crippen LogP contribution in [0.4, 0.5) is 9.93 Å². The summed E-state index contributed by atoms with van der Waals surface area (Å²) in [4.78, 5) is 19.9. The van der Waals surface area contributed by atoms with E-state index in [4.69, 9.17) is 4.74 Å². The maximum Gasteiger partial charge on any atom is 0.321 e. The minimum atomic E-state index is -0.214. The average molecular weight is 346 g/mol. The Hall–Kier alpha value is -2.12. The maximum absolute atomic E-state index is 11.9. The number of anilines is 1. The predicted molar refractivity (Wildman–Crippen MR) is 95.7 cm³/mol. The van der Waals surface area contributed by atoms with E-state index in [0.717, 1.165) is 37.4 Å². The molecular formula is C17H22N4O2S. The van der Waals surface area contributed by atoms with Gasteiger partial charge in [-0.25, -0.2) is 9.78 Å². The monoisotopic (exact) mass is 346 g/mol. The molecule has 1 aliphatic rings. The van der Waals surface area contributed by atoms with Gasteiger partial charge >= 0.3 is 6.03 Å². The number of likely N-dealkylation sites (N-methyl/N-ethyl adjacent to an activating group) is 1. The highest BCUT2D eigenvalue weighted by atomic mass is 32.1. The standard InChI is InChI=1S/C17H22N4O2S/c1-21-10-8-14-15(12-21)24-17(19-14)20-16(22)18-9-5-11-23-13-6-3-2-4-7-13/h2-4,6-7H,5,8-12H2,1H3,(H2,18,19,20,22). The lowest BCUT2D eigenvalue weighted by atomic mass is 10.2. The van der Waals surface area contributed by atoms with Crippen LogP contribution in [-0.4, -0.2) is 42.7 Å². The fraction of sp³-hybridized carbons (Fsp3) is 0.412. The Morgan fingerprint density at radius 1 is 1.38 bits per heavy atom. The van der Waals surface area contributed by atoms with Crippen molar-refractivity contribution in [3.63, 3.8) is 0 Å². The molecule has 2 N–H and O–H groups in total. The summed E-state index contributed by atoms with van der Waals surface area (Å²) in [5, 5.41) is 6.33. The zero-order valence-corrected chi connectivity index (χ0v) is 14.6. The van der Waals surface area contributed by atoms with Crippen LogP contribution in [0, 0.1) is 0 Å². The van der Waals surface area contributed by atoms with E-state index in [2.05, 4.69) is 27.6 Å². The van der Waals surface area contributed by atoms with E-state index in [9.17, 15) is 4.79 Å². The smallest absolute Gasteiger partial charge is 0.321 e. The number of rotatable bonds is 6. The number of thiazole rings is 1. The van der Waals surface area contributed by atoms with E-state index in [1.54, 1.807) is 11.3 Å². The Morgan fingerprint density at radius 2 is 2.21 bits per heavy atom. The first-order valence-electron chi connectivity index (χ1n) is 8.10. The largest absolute Gasteiger partial charge is 0.494 e. The van der Waals surface area contributed by atoms with Crippen LogP contribution in [0.3, 0.4) is 0 Å². The first kappa shape index (κ1) is 16.7. The fourth-order valence-electron chi connectivity index (χ4n) is 2.50. The Bertz CT molecular complexity index is 674. The van der Waals surface area contributed by atoms with Gasteiger partial charge in [0.05, 0.1) is 12.3 Å². The summed E-state index contributed by atoms with van der Waals surface area (Å²) in [6, 6.07) is 9.45. The second-order valence-corrected chi connectivity index (χ2v) is 6.86. The van der Waals surface area contributed by atoms with Gasteiger partial charge in [0.2, 0.25) is 0 Å². The highest BCUT2D eigenvalue weighted by Gasteiger charge is 2.18. The molecule has 1 aliphatic heterocycles. The van der Waals surface area contributed by atoms with Crippen molar-refractivity contribution in [3.8, 4) is 5.75 Å². The Balaban J connectivity index is 1.35. The molecule has 128 valence electrons. The van der Waals surface area contributed by atoms with Crippen molar-refractivity contribution in [2.75, 3.05) is 32.1 Å². The molecule has 0 bridgehead atoms. The van der Waals surface area contributed by atoms with Crippen LogP contribution < -0.4 is 15.4 Å². The number of fused-ring (bicyclic) bond motifs is 1. The molecule has 24 heavy (non-hydrogen) atoms. The number of ether oxygens (including phenoxy) is 1. The SMILES string of the molecule is CN1CCc2nc(NC(=O)NCCCOc3ccccc3)sc2C1. The van der Waals surface area contributed by atoms with Crippen molar-refractivity contribution in [2.45, 2.75) is 19.4 Å². The topological polar surface area (TPSA) is 66.5 Å². The minimum Gasteiger partial charge on any atom is -0.494 e. The third-order valence-electron chi connectivity index (χ3n) is 3.76. The van der Waals surface area contributed by atoms with E-state index in [-0.39, 0.29) is 6.03 Å². The molecule has 7 heteroatoms. The van der Waals surface area contributed by atoms with Crippen LogP contribution in [-0.2, 0) is 13.0 Å². The van der Waals surface area contributed by atoms with Crippen molar-refractivity contribution in [1.29, 1.82) is 0 Å². The molecule has 0 spiro atoms. The summed E-state index contributed by atoms with van der Waals surface area (Å²) in [7, 11) is 2.10. The zero-order chi connectivity index (χ0) is 16.8. The van der Waals surface area contributed by atoms with Crippen molar-refractivity contribution in [1.82, 2.24) is 15.2 Å². The highest BCUT2D eigenvalue weighted by molar-refractivity contribution is 7.15. The molecule has 0 fully saturated rings. The summed E-state index contributed by atoms with van der Waals surface area (Å²) in [6.07, 6.45) is 1.70. The molecule has 6 nitrogen and oxygen atoms in total. The normalized spacial score (nSPS) is 14.0. The quantitative estimate of drug-likeness (QED) is 0.789. The Morgan fingerprint density at radius 3 is 3.04 bits per heavy atom. The van der Waals surface area contributed by atoms with Gasteiger partial charge in [0.1, 0.15) is 5.75 Å². The number of carbonyl (C=O) groups is 1. The number of nitrogens with zero attached hydrogens (tertiary/aromatic N) is 2. The summed E-state index contributed by atoms with van der Waals surface area (Å²) in [6.45, 7) is 3.06. The van der Waals surface area contributed by atoms with Crippen molar-refractivity contribution in [3.05, 3.63) is 40.9 Å². The lowest BCUT2D eigenvalue weighted by Crippen LogP contribution is -2.30. The van der Waals surface area contributed by atoms with Gasteiger partial charge in [-0.05, 0) is 25.6 Å². The number of hydrogen-bond donors (Lipinski definition) is 2. The van der Waals surface area contributed by atoms with Gasteiger partial charge in [-0.3, -0.25) is 5.32 Å². The fourth-order valence-corrected chi connectivity index (χ4v) is 3.58. The first-order chi connectivity index (χ1) is 11.7. The van der Waals surface area contributed by atoms with Gasteiger partial charge in [-0.15, -0.1) is 11.3 Å². The van der Waals surface area contributed by atoms with Crippen molar-refractivity contribution >= 4 is 22.5 Å². The van der Waals surface area contributed by atoms with Crippen molar-refractivity contribution in [2.24, 2.45) is 0 Å². The van der Waals surface area contributed by atoms with Gasteiger partial charge in [-0.2, -0.15) is 0 Å². The summed E-state index contributed by atoms with van der Waals surface area (Å²) >= 11 is 1.56. The molecule has 2 heterocycles. The van der Waals surface area contributed by atoms with Gasteiger partial charge < -0.3 is 15.0 Å². The van der Waals surface area contributed by atoms with Crippen molar-refractivity contribution < 1.29 is 9.53 Å². The summed E-state index contributed by atoms with van der Waals surface area (Å²) in [5.41, 5.74) is 1.12. The molecular weight excluding hydrogens is 324 g/mol. The van der Waals surface area contributed by atoms with Crippen LogP contribution in [0.15, 0.2) is 30.3 Å². The number of hydrogen-bond acceptors (Lipinski definition) is 5. The van der Waals surface area contributed by atoms with Crippen LogP contribution in [0.5, 0.6) is 5.75 Å². The van der Waals surface area contributed by atoms with Gasteiger partial charge in [0, 0.05) is 30.9 Å². The number of carbonyl (C=O) groups excluding carboxylic acids is 1. The molecule has 0 saturated carbocycles. The molecule has 3 rings (SSSR count). The maximum atomic E-state index is 11.9. The number of nitrogens with one attached hydrogen (secondary N) is 2. The molecule has 2 aromatic rings. The highest BCUT2D eigenvalue weighted by Crippen LogP contribution is 2.27. The minimum absolute atomic E-state index is 0.214. The van der Waals surface area contributed by atoms with E-state index >= 15 is 0 Å². The summed E-state index contributed by atoms with van der Waals surface area (Å²) in [5.74, 6) is 0.847. The van der Waals surface area contributed by atoms with E-state index < -0.39 is 0 Å². The Kier molecular flexibility index (Phi) is 5.66. The van der Waals surface area contributed by atoms with Crippen LogP contribution in [0.25, 0.3) is 0 Å². The third kappa shape index (κ3) is 4.69. The molecule has 0 aliphatic carbocycles. The lowest BCUT2D eigenvalue weighted by Gasteiger charge is -2.20. The van der Waals surface area contributed by atoms with E-state index in [0.29, 0.717) is 18.3 Å². The predicted octanol–water partition coefficient (Wildman–Crippen LogP) is 2.72. The van der Waals surface area contributed by atoms with Gasteiger partial charge in [0.15, 0.2) is 5.13 Å². The lowest BCUT2D eigenvalue weighted by molar-refractivity contribution is 0.250. The molecule has 0 saturated heterocycles. The number of para-hydroxylation sites is 1. The van der Waals surface area contributed by atoms with E-state index in [1.165, 1.54) is 4.88 Å². The number of benzene rings is 1. The molecule has 1 aromatic carbocycles. The van der Waals surface area contributed by atoms with Gasteiger partial charge in [-0.1, -0.05) is 18.2 Å². The number of aromatic nitrogens is 1. The number of amides is 2. The van der Waals surface area contributed by atoms with Crippen LogP contribution >= 0.6 is 11.3 Å². The molecule has 1 aromatic heterocycles. The van der Waals surface area contributed by atoms with Gasteiger partial charge in [0.25, 0.3) is 0 Å². The summed E-state index contributed by atoms with van der Waals surface area (Å²) < 4.78 is 5.58. The second kappa shape index (κ2) is 8.12.